The minimum Gasteiger partial charge on any atom is -0.538 e. The van der Waals surface area contributed by atoms with Gasteiger partial charge in [0.05, 0.1) is 5.02 Å². The molecule has 0 radical (unpaired) electrons. The molecule has 0 atom stereocenters. The van der Waals surface area contributed by atoms with Gasteiger partial charge < -0.3 is 9.68 Å². The summed E-state index contributed by atoms with van der Waals surface area (Å²) in [7, 11) is -0.344. The number of hydrogen-bond donors (Lipinski definition) is 1. The Bertz CT molecular complexity index is 252. The van der Waals surface area contributed by atoms with E-state index in [4.69, 9.17) is 21.3 Å². The SMILES string of the molecule is Cc1ccc(OBO)c(Cl)c1. The van der Waals surface area contributed by atoms with Crippen molar-refractivity contribution in [2.24, 2.45) is 0 Å². The highest BCUT2D eigenvalue weighted by molar-refractivity contribution is 6.32. The molecule has 0 aliphatic carbocycles. The van der Waals surface area contributed by atoms with Crippen LogP contribution < -0.4 is 4.65 Å². The molecule has 11 heavy (non-hydrogen) atoms. The quantitative estimate of drug-likeness (QED) is 0.678. The van der Waals surface area contributed by atoms with Gasteiger partial charge in [0.2, 0.25) is 0 Å². The molecule has 0 unspecified atom stereocenters. The first-order valence-corrected chi connectivity index (χ1v) is 3.61. The summed E-state index contributed by atoms with van der Waals surface area (Å²) in [5, 5.41) is 8.96. The molecule has 0 aromatic heterocycles. The van der Waals surface area contributed by atoms with Gasteiger partial charge in [-0.3, -0.25) is 0 Å². The Kier molecular flexibility index (Phi) is 2.80. The van der Waals surface area contributed by atoms with E-state index < -0.39 is 0 Å². The van der Waals surface area contributed by atoms with Crippen LogP contribution in [0.3, 0.4) is 0 Å². The Morgan fingerprint density at radius 3 is 2.82 bits per heavy atom. The molecule has 0 heterocycles. The van der Waals surface area contributed by atoms with Gasteiger partial charge >= 0.3 is 7.69 Å². The van der Waals surface area contributed by atoms with Gasteiger partial charge in [-0.25, -0.2) is 0 Å². The van der Waals surface area contributed by atoms with E-state index >= 15 is 0 Å². The van der Waals surface area contributed by atoms with Gasteiger partial charge in [-0.05, 0) is 24.6 Å². The minimum atomic E-state index is -0.344. The van der Waals surface area contributed by atoms with E-state index in [9.17, 15) is 0 Å². The maximum atomic E-state index is 8.43. The average Bonchev–Trinajstić information content (AvgIpc) is 1.95. The van der Waals surface area contributed by atoms with E-state index in [0.29, 0.717) is 10.8 Å². The molecule has 0 fully saturated rings. The molecule has 1 rings (SSSR count). The van der Waals surface area contributed by atoms with Crippen molar-refractivity contribution in [3.63, 3.8) is 0 Å². The van der Waals surface area contributed by atoms with Gasteiger partial charge in [0.25, 0.3) is 0 Å². The second-order valence-corrected chi connectivity index (χ2v) is 2.61. The Morgan fingerprint density at radius 1 is 1.55 bits per heavy atom. The summed E-state index contributed by atoms with van der Waals surface area (Å²) < 4.78 is 4.82. The van der Waals surface area contributed by atoms with Crippen molar-refractivity contribution in [3.05, 3.63) is 28.8 Å². The van der Waals surface area contributed by atoms with Crippen molar-refractivity contribution in [2.75, 3.05) is 0 Å². The van der Waals surface area contributed by atoms with Gasteiger partial charge in [0.15, 0.2) is 0 Å². The molecule has 4 heteroatoms. The predicted molar refractivity (Wildman–Crippen MR) is 46.2 cm³/mol. The van der Waals surface area contributed by atoms with Gasteiger partial charge in [0, 0.05) is 0 Å². The number of rotatable bonds is 2. The predicted octanol–water partition coefficient (Wildman–Crippen LogP) is 1.29. The number of aryl methyl sites for hydroxylation is 1. The smallest absolute Gasteiger partial charge is 0.504 e. The van der Waals surface area contributed by atoms with Crippen LogP contribution in [0.4, 0.5) is 0 Å². The zero-order valence-electron chi connectivity index (χ0n) is 6.17. The molecule has 0 bridgehead atoms. The first kappa shape index (κ1) is 8.43. The molecule has 1 aromatic rings. The highest BCUT2D eigenvalue weighted by atomic mass is 35.5. The summed E-state index contributed by atoms with van der Waals surface area (Å²) in [5.41, 5.74) is 1.07. The Balaban J connectivity index is 2.90. The first-order valence-electron chi connectivity index (χ1n) is 3.24. The molecule has 0 spiro atoms. The molecule has 58 valence electrons. The fourth-order valence-electron chi connectivity index (χ4n) is 0.792. The van der Waals surface area contributed by atoms with Crippen LogP contribution in [0.1, 0.15) is 5.56 Å². The molecule has 0 aliphatic heterocycles. The van der Waals surface area contributed by atoms with E-state index in [2.05, 4.69) is 0 Å². The van der Waals surface area contributed by atoms with Crippen molar-refractivity contribution >= 4 is 19.3 Å². The summed E-state index contributed by atoms with van der Waals surface area (Å²) in [6.45, 7) is 1.94. The monoisotopic (exact) mass is 170 g/mol. The second kappa shape index (κ2) is 3.65. The molecule has 0 aliphatic rings. The van der Waals surface area contributed by atoms with E-state index in [-0.39, 0.29) is 7.69 Å². The Labute approximate surface area is 71.1 Å². The zero-order valence-corrected chi connectivity index (χ0v) is 6.93. The van der Waals surface area contributed by atoms with Gasteiger partial charge in [-0.1, -0.05) is 17.7 Å². The molecule has 1 aromatic carbocycles. The highest BCUT2D eigenvalue weighted by Crippen LogP contribution is 2.24. The molecular weight excluding hydrogens is 162 g/mol. The first-order chi connectivity index (χ1) is 5.24. The molecule has 0 saturated heterocycles. The summed E-state index contributed by atoms with van der Waals surface area (Å²) in [4.78, 5) is 0. The van der Waals surface area contributed by atoms with Gasteiger partial charge in [-0.2, -0.15) is 0 Å². The van der Waals surface area contributed by atoms with E-state index in [1.54, 1.807) is 12.1 Å². The van der Waals surface area contributed by atoms with Crippen LogP contribution in [-0.4, -0.2) is 12.7 Å². The summed E-state index contributed by atoms with van der Waals surface area (Å²) in [6, 6.07) is 5.39. The maximum absolute atomic E-state index is 8.43. The maximum Gasteiger partial charge on any atom is 0.504 e. The fraction of sp³-hybridized carbons (Fsp3) is 0.143. The van der Waals surface area contributed by atoms with Crippen molar-refractivity contribution in [3.8, 4) is 5.75 Å². The minimum absolute atomic E-state index is 0.344. The Morgan fingerprint density at radius 2 is 2.27 bits per heavy atom. The van der Waals surface area contributed by atoms with Crippen LogP contribution >= 0.6 is 11.6 Å². The summed E-state index contributed by atoms with van der Waals surface area (Å²) in [5.74, 6) is 0.514. The molecule has 0 amide bonds. The topological polar surface area (TPSA) is 29.5 Å². The lowest BCUT2D eigenvalue weighted by Gasteiger charge is -2.04. The lowest BCUT2D eigenvalue weighted by molar-refractivity contribution is 0.454. The van der Waals surface area contributed by atoms with E-state index in [1.807, 2.05) is 13.0 Å². The van der Waals surface area contributed by atoms with E-state index in [1.165, 1.54) is 0 Å². The molecular formula is C7H8BClO2. The third-order valence-electron chi connectivity index (χ3n) is 1.31. The Hall–Kier alpha value is -0.665. The fourth-order valence-corrected chi connectivity index (χ4v) is 1.08. The van der Waals surface area contributed by atoms with Crippen LogP contribution in [0, 0.1) is 6.92 Å². The summed E-state index contributed by atoms with van der Waals surface area (Å²) >= 11 is 5.77. The van der Waals surface area contributed by atoms with Gasteiger partial charge in [0.1, 0.15) is 5.75 Å². The van der Waals surface area contributed by atoms with Crippen molar-refractivity contribution in [1.29, 1.82) is 0 Å². The van der Waals surface area contributed by atoms with Crippen LogP contribution in [-0.2, 0) is 0 Å². The van der Waals surface area contributed by atoms with Crippen LogP contribution in [0.5, 0.6) is 5.75 Å². The number of hydrogen-bond acceptors (Lipinski definition) is 2. The van der Waals surface area contributed by atoms with Crippen LogP contribution in [0.2, 0.25) is 5.02 Å². The van der Waals surface area contributed by atoms with Gasteiger partial charge in [-0.15, -0.1) is 0 Å². The van der Waals surface area contributed by atoms with Crippen molar-refractivity contribution in [2.45, 2.75) is 6.92 Å². The van der Waals surface area contributed by atoms with E-state index in [0.717, 1.165) is 5.56 Å². The largest absolute Gasteiger partial charge is 0.538 e. The molecule has 1 N–H and O–H groups in total. The average molecular weight is 170 g/mol. The lowest BCUT2D eigenvalue weighted by atomic mass is 10.2. The third-order valence-corrected chi connectivity index (χ3v) is 1.60. The zero-order chi connectivity index (χ0) is 8.27. The number of halogens is 1. The van der Waals surface area contributed by atoms with Crippen LogP contribution in [0.15, 0.2) is 18.2 Å². The lowest BCUT2D eigenvalue weighted by Crippen LogP contribution is -2.00. The van der Waals surface area contributed by atoms with Crippen LogP contribution in [0.25, 0.3) is 0 Å². The normalized spacial score (nSPS) is 9.36. The molecule has 0 saturated carbocycles. The summed E-state index contributed by atoms with van der Waals surface area (Å²) in [6.07, 6.45) is 0. The molecule has 2 nitrogen and oxygen atoms in total. The van der Waals surface area contributed by atoms with Crippen molar-refractivity contribution < 1.29 is 9.68 Å². The standard InChI is InChI=1S/C7H8BClO2/c1-5-2-3-7(11-8-10)6(9)4-5/h2-4,8,10H,1H3. The third kappa shape index (κ3) is 2.14. The van der Waals surface area contributed by atoms with Crippen molar-refractivity contribution in [1.82, 2.24) is 0 Å². The second-order valence-electron chi connectivity index (χ2n) is 2.21. The highest BCUT2D eigenvalue weighted by Gasteiger charge is 1.99. The number of benzene rings is 1.